The minimum Gasteiger partial charge on any atom is -0.496 e. The molecule has 0 aliphatic heterocycles. The lowest BCUT2D eigenvalue weighted by Crippen LogP contribution is -2.19. The van der Waals surface area contributed by atoms with E-state index in [0.717, 1.165) is 11.3 Å². The molecule has 0 amide bonds. The van der Waals surface area contributed by atoms with Crippen molar-refractivity contribution < 1.29 is 4.74 Å². The van der Waals surface area contributed by atoms with E-state index in [1.807, 2.05) is 13.1 Å². The lowest BCUT2D eigenvalue weighted by Gasteiger charge is -2.20. The Morgan fingerprint density at radius 3 is 2.53 bits per heavy atom. The molecule has 1 N–H and O–H groups in total. The zero-order chi connectivity index (χ0) is 11.4. The van der Waals surface area contributed by atoms with Gasteiger partial charge in [-0.2, -0.15) is 0 Å². The molecular weight excluding hydrogens is 210 g/mol. The van der Waals surface area contributed by atoms with Gasteiger partial charge < -0.3 is 10.1 Å². The van der Waals surface area contributed by atoms with Crippen LogP contribution in [-0.4, -0.2) is 20.0 Å². The maximum Gasteiger partial charge on any atom is 0.124 e. The maximum atomic E-state index is 5.92. The number of methoxy groups -OCH3 is 1. The van der Waals surface area contributed by atoms with Gasteiger partial charge in [-0.25, -0.2) is 0 Å². The Hall–Kier alpha value is -0.730. The van der Waals surface area contributed by atoms with E-state index >= 15 is 0 Å². The van der Waals surface area contributed by atoms with Crippen LogP contribution in [0.3, 0.4) is 0 Å². The standard InChI is InChI=1S/C12H18ClNO/c1-8-5-9(2)12(10(7-13)14-3)11(6-8)15-4/h5-6,10,14H,7H2,1-4H3. The molecule has 0 aliphatic carbocycles. The van der Waals surface area contributed by atoms with Gasteiger partial charge in [0.15, 0.2) is 0 Å². The number of ether oxygens (including phenoxy) is 1. The minimum absolute atomic E-state index is 0.141. The predicted molar refractivity (Wildman–Crippen MR) is 65.0 cm³/mol. The average molecular weight is 228 g/mol. The van der Waals surface area contributed by atoms with Gasteiger partial charge in [0.05, 0.1) is 7.11 Å². The van der Waals surface area contributed by atoms with E-state index in [0.29, 0.717) is 5.88 Å². The Bertz CT molecular complexity index is 335. The Morgan fingerprint density at radius 1 is 1.40 bits per heavy atom. The van der Waals surface area contributed by atoms with Gasteiger partial charge in [0.2, 0.25) is 0 Å². The second kappa shape index (κ2) is 5.38. The summed E-state index contributed by atoms with van der Waals surface area (Å²) in [6, 6.07) is 4.33. The van der Waals surface area contributed by atoms with Crippen molar-refractivity contribution in [2.24, 2.45) is 0 Å². The Kier molecular flexibility index (Phi) is 4.43. The lowest BCUT2D eigenvalue weighted by atomic mass is 9.99. The van der Waals surface area contributed by atoms with Crippen LogP contribution in [0.4, 0.5) is 0 Å². The monoisotopic (exact) mass is 227 g/mol. The number of benzene rings is 1. The molecule has 3 heteroatoms. The molecule has 0 spiro atoms. The van der Waals surface area contributed by atoms with Crippen LogP contribution in [0, 0.1) is 13.8 Å². The highest BCUT2D eigenvalue weighted by Crippen LogP contribution is 2.30. The van der Waals surface area contributed by atoms with Crippen molar-refractivity contribution in [1.29, 1.82) is 0 Å². The Labute approximate surface area is 96.6 Å². The van der Waals surface area contributed by atoms with Crippen molar-refractivity contribution in [3.63, 3.8) is 0 Å². The molecule has 0 fully saturated rings. The molecule has 0 heterocycles. The number of halogens is 1. The molecule has 1 aromatic carbocycles. The summed E-state index contributed by atoms with van der Waals surface area (Å²) in [6.45, 7) is 4.15. The van der Waals surface area contributed by atoms with Gasteiger partial charge in [-0.3, -0.25) is 0 Å². The highest BCUT2D eigenvalue weighted by molar-refractivity contribution is 6.18. The summed E-state index contributed by atoms with van der Waals surface area (Å²) in [6.07, 6.45) is 0. The van der Waals surface area contributed by atoms with E-state index in [1.54, 1.807) is 7.11 Å². The van der Waals surface area contributed by atoms with Crippen molar-refractivity contribution in [3.05, 3.63) is 28.8 Å². The highest BCUT2D eigenvalue weighted by Gasteiger charge is 2.16. The average Bonchev–Trinajstić information content (AvgIpc) is 2.21. The summed E-state index contributed by atoms with van der Waals surface area (Å²) < 4.78 is 5.39. The molecule has 0 aliphatic rings. The zero-order valence-electron chi connectivity index (χ0n) is 9.73. The highest BCUT2D eigenvalue weighted by atomic mass is 35.5. The van der Waals surface area contributed by atoms with E-state index in [1.165, 1.54) is 11.1 Å². The molecule has 84 valence electrons. The van der Waals surface area contributed by atoms with Crippen molar-refractivity contribution in [2.45, 2.75) is 19.9 Å². The molecule has 15 heavy (non-hydrogen) atoms. The van der Waals surface area contributed by atoms with Gasteiger partial charge in [-0.15, -0.1) is 11.6 Å². The fourth-order valence-electron chi connectivity index (χ4n) is 1.85. The molecule has 1 atom stereocenters. The number of aryl methyl sites for hydroxylation is 2. The van der Waals surface area contributed by atoms with Gasteiger partial charge in [0.25, 0.3) is 0 Å². The molecule has 1 aromatic rings. The van der Waals surface area contributed by atoms with Gasteiger partial charge in [-0.1, -0.05) is 6.07 Å². The fourth-order valence-corrected chi connectivity index (χ4v) is 2.16. The number of hydrogen-bond donors (Lipinski definition) is 1. The molecular formula is C12H18ClNO. The summed E-state index contributed by atoms with van der Waals surface area (Å²) in [4.78, 5) is 0. The summed E-state index contributed by atoms with van der Waals surface area (Å²) in [7, 11) is 3.60. The summed E-state index contributed by atoms with van der Waals surface area (Å²) in [5, 5.41) is 3.19. The van der Waals surface area contributed by atoms with Crippen molar-refractivity contribution in [2.75, 3.05) is 20.0 Å². The molecule has 2 nitrogen and oxygen atoms in total. The lowest BCUT2D eigenvalue weighted by molar-refractivity contribution is 0.403. The van der Waals surface area contributed by atoms with Crippen LogP contribution in [0.1, 0.15) is 22.7 Å². The third kappa shape index (κ3) is 2.64. The largest absolute Gasteiger partial charge is 0.496 e. The zero-order valence-corrected chi connectivity index (χ0v) is 10.5. The van der Waals surface area contributed by atoms with E-state index in [4.69, 9.17) is 16.3 Å². The van der Waals surface area contributed by atoms with Crippen LogP contribution in [0.25, 0.3) is 0 Å². The first-order valence-corrected chi connectivity index (χ1v) is 5.55. The van der Waals surface area contributed by atoms with Crippen LogP contribution in [0.15, 0.2) is 12.1 Å². The second-order valence-corrected chi connectivity index (χ2v) is 4.00. The van der Waals surface area contributed by atoms with E-state index < -0.39 is 0 Å². The van der Waals surface area contributed by atoms with E-state index in [9.17, 15) is 0 Å². The number of nitrogens with one attached hydrogen (secondary N) is 1. The Morgan fingerprint density at radius 2 is 2.07 bits per heavy atom. The molecule has 1 rings (SSSR count). The van der Waals surface area contributed by atoms with E-state index in [-0.39, 0.29) is 6.04 Å². The van der Waals surface area contributed by atoms with Crippen LogP contribution in [0.5, 0.6) is 5.75 Å². The van der Waals surface area contributed by atoms with Gasteiger partial charge in [0.1, 0.15) is 5.75 Å². The number of hydrogen-bond acceptors (Lipinski definition) is 2. The van der Waals surface area contributed by atoms with Gasteiger partial charge >= 0.3 is 0 Å². The van der Waals surface area contributed by atoms with Crippen molar-refractivity contribution in [3.8, 4) is 5.75 Å². The molecule has 0 radical (unpaired) electrons. The summed E-state index contributed by atoms with van der Waals surface area (Å²) in [5.41, 5.74) is 3.57. The quantitative estimate of drug-likeness (QED) is 0.799. The van der Waals surface area contributed by atoms with Crippen LogP contribution in [-0.2, 0) is 0 Å². The SMILES string of the molecule is CNC(CCl)c1c(C)cc(C)cc1OC. The van der Waals surface area contributed by atoms with E-state index in [2.05, 4.69) is 25.2 Å². The first-order chi connectivity index (χ1) is 7.13. The molecule has 0 saturated carbocycles. The number of alkyl halides is 1. The summed E-state index contributed by atoms with van der Waals surface area (Å²) in [5.74, 6) is 1.45. The Balaban J connectivity index is 3.24. The van der Waals surface area contributed by atoms with Crippen LogP contribution in [0.2, 0.25) is 0 Å². The minimum atomic E-state index is 0.141. The molecule has 1 unspecified atom stereocenters. The smallest absolute Gasteiger partial charge is 0.124 e. The summed E-state index contributed by atoms with van der Waals surface area (Å²) >= 11 is 5.92. The third-order valence-electron chi connectivity index (χ3n) is 2.56. The third-order valence-corrected chi connectivity index (χ3v) is 2.87. The fraction of sp³-hybridized carbons (Fsp3) is 0.500. The normalized spacial score (nSPS) is 12.6. The van der Waals surface area contributed by atoms with Crippen molar-refractivity contribution in [1.82, 2.24) is 5.32 Å². The van der Waals surface area contributed by atoms with Crippen LogP contribution >= 0.6 is 11.6 Å². The molecule has 0 aromatic heterocycles. The second-order valence-electron chi connectivity index (χ2n) is 3.69. The first kappa shape index (κ1) is 12.3. The van der Waals surface area contributed by atoms with Crippen LogP contribution < -0.4 is 10.1 Å². The van der Waals surface area contributed by atoms with Gasteiger partial charge in [-0.05, 0) is 38.1 Å². The first-order valence-electron chi connectivity index (χ1n) is 5.02. The predicted octanol–water partition coefficient (Wildman–Crippen LogP) is 2.81. The molecule has 0 bridgehead atoms. The topological polar surface area (TPSA) is 21.3 Å². The molecule has 0 saturated heterocycles. The van der Waals surface area contributed by atoms with Gasteiger partial charge in [0, 0.05) is 17.5 Å². The number of rotatable bonds is 4. The van der Waals surface area contributed by atoms with Crippen molar-refractivity contribution >= 4 is 11.6 Å². The maximum absolute atomic E-state index is 5.92.